The first-order chi connectivity index (χ1) is 13.3. The maximum absolute atomic E-state index is 14.3. The van der Waals surface area contributed by atoms with Crippen molar-refractivity contribution in [2.75, 3.05) is 32.2 Å². The summed E-state index contributed by atoms with van der Waals surface area (Å²) in [6.07, 6.45) is 4.60. The molecule has 2 aromatic heterocycles. The first-order valence-electron chi connectivity index (χ1n) is 8.75. The Morgan fingerprint density at radius 2 is 2.26 bits per heavy atom. The normalized spacial score (nSPS) is 12.8. The summed E-state index contributed by atoms with van der Waals surface area (Å²) >= 11 is 0. The molecule has 0 spiro atoms. The minimum atomic E-state index is -0.259. The van der Waals surface area contributed by atoms with Gasteiger partial charge in [-0.15, -0.1) is 10.2 Å². The van der Waals surface area contributed by atoms with E-state index in [4.69, 9.17) is 14.2 Å². The molecule has 0 saturated carbocycles. The van der Waals surface area contributed by atoms with E-state index >= 15 is 0 Å². The van der Waals surface area contributed by atoms with Crippen molar-refractivity contribution in [1.29, 1.82) is 0 Å². The van der Waals surface area contributed by atoms with E-state index in [2.05, 4.69) is 20.5 Å². The van der Waals surface area contributed by atoms with Crippen LogP contribution in [0.1, 0.15) is 17.5 Å². The molecule has 3 aromatic rings. The van der Waals surface area contributed by atoms with Crippen molar-refractivity contribution in [1.82, 2.24) is 19.6 Å². The average molecular weight is 373 g/mol. The molecule has 0 aliphatic carbocycles. The minimum Gasteiger partial charge on any atom is -0.493 e. The number of ether oxygens (including phenoxy) is 3. The van der Waals surface area contributed by atoms with Gasteiger partial charge >= 0.3 is 0 Å². The summed E-state index contributed by atoms with van der Waals surface area (Å²) in [5.41, 5.74) is 2.04. The second kappa shape index (κ2) is 7.75. The number of hydrogen-bond acceptors (Lipinski definition) is 7. The monoisotopic (exact) mass is 373 g/mol. The number of methoxy groups -OCH3 is 1. The Morgan fingerprint density at radius 3 is 3.15 bits per heavy atom. The van der Waals surface area contributed by atoms with Crippen molar-refractivity contribution >= 4 is 11.6 Å². The van der Waals surface area contributed by atoms with E-state index in [-0.39, 0.29) is 12.4 Å². The fourth-order valence-corrected chi connectivity index (χ4v) is 3.09. The van der Waals surface area contributed by atoms with E-state index < -0.39 is 0 Å². The standard InChI is InChI=1S/C18H20FN5O3/c1-25-6-2-7-26-16-10-21-18(24-11-22-23-17(16)24)20-9-13-12-5-8-27-15(12)4-3-14(13)19/h3-4,10-11H,2,5-9H2,1H3,(H,20,21). The number of fused-ring (bicyclic) bond motifs is 2. The van der Waals surface area contributed by atoms with E-state index in [1.807, 2.05) is 0 Å². The second-order valence-electron chi connectivity index (χ2n) is 6.12. The molecule has 0 unspecified atom stereocenters. The molecule has 1 aliphatic rings. The molecule has 0 radical (unpaired) electrons. The molecule has 0 fully saturated rings. The fraction of sp³-hybridized carbons (Fsp3) is 0.389. The number of halogens is 1. The molecule has 142 valence electrons. The molecule has 1 aliphatic heterocycles. The highest BCUT2D eigenvalue weighted by atomic mass is 19.1. The van der Waals surface area contributed by atoms with Crippen LogP contribution < -0.4 is 14.8 Å². The summed E-state index contributed by atoms with van der Waals surface area (Å²) in [5, 5.41) is 11.2. The topological polar surface area (TPSA) is 82.8 Å². The number of anilines is 1. The van der Waals surface area contributed by atoms with Gasteiger partial charge in [0.05, 0.1) is 19.4 Å². The van der Waals surface area contributed by atoms with E-state index in [9.17, 15) is 4.39 Å². The first-order valence-corrected chi connectivity index (χ1v) is 8.75. The average Bonchev–Trinajstić information content (AvgIpc) is 3.35. The number of rotatable bonds is 8. The van der Waals surface area contributed by atoms with Crippen LogP contribution in [0.2, 0.25) is 0 Å². The van der Waals surface area contributed by atoms with Gasteiger partial charge in [-0.25, -0.2) is 13.8 Å². The second-order valence-corrected chi connectivity index (χ2v) is 6.12. The van der Waals surface area contributed by atoms with Crippen molar-refractivity contribution in [3.63, 3.8) is 0 Å². The van der Waals surface area contributed by atoms with Crippen molar-refractivity contribution in [3.05, 3.63) is 41.6 Å². The van der Waals surface area contributed by atoms with Gasteiger partial charge in [0.15, 0.2) is 5.75 Å². The van der Waals surface area contributed by atoms with Crippen LogP contribution in [0.4, 0.5) is 10.3 Å². The molecule has 0 amide bonds. The quantitative estimate of drug-likeness (QED) is 0.606. The molecule has 9 heteroatoms. The molecule has 0 saturated heterocycles. The minimum absolute atomic E-state index is 0.259. The zero-order valence-corrected chi connectivity index (χ0v) is 14.9. The lowest BCUT2D eigenvalue weighted by Gasteiger charge is -2.13. The zero-order valence-electron chi connectivity index (χ0n) is 14.9. The molecular weight excluding hydrogens is 353 g/mol. The third-order valence-corrected chi connectivity index (χ3v) is 4.41. The maximum Gasteiger partial charge on any atom is 0.210 e. The lowest BCUT2D eigenvalue weighted by molar-refractivity contribution is 0.172. The summed E-state index contributed by atoms with van der Waals surface area (Å²) in [6, 6.07) is 3.10. The highest BCUT2D eigenvalue weighted by Crippen LogP contribution is 2.30. The lowest BCUT2D eigenvalue weighted by atomic mass is 10.0. The van der Waals surface area contributed by atoms with Crippen LogP contribution >= 0.6 is 0 Å². The molecule has 1 aromatic carbocycles. The zero-order chi connectivity index (χ0) is 18.6. The van der Waals surface area contributed by atoms with Crippen molar-refractivity contribution in [2.45, 2.75) is 19.4 Å². The van der Waals surface area contributed by atoms with Gasteiger partial charge in [-0.3, -0.25) is 0 Å². The predicted octanol–water partition coefficient (Wildman–Crippen LogP) is 2.23. The Hall–Kier alpha value is -2.94. The Kier molecular flexibility index (Phi) is 5.01. The third-order valence-electron chi connectivity index (χ3n) is 4.41. The molecule has 4 rings (SSSR count). The SMILES string of the molecule is COCCCOc1cnc(NCc2c(F)ccc3c2CCO3)n2cnnc12. The number of nitrogens with one attached hydrogen (secondary N) is 1. The van der Waals surface area contributed by atoms with Gasteiger partial charge < -0.3 is 19.5 Å². The molecule has 8 nitrogen and oxygen atoms in total. The largest absolute Gasteiger partial charge is 0.493 e. The van der Waals surface area contributed by atoms with Gasteiger partial charge in [0.25, 0.3) is 0 Å². The van der Waals surface area contributed by atoms with Crippen LogP contribution in [0, 0.1) is 5.82 Å². The number of hydrogen-bond donors (Lipinski definition) is 1. The number of benzene rings is 1. The number of aromatic nitrogens is 4. The van der Waals surface area contributed by atoms with Gasteiger partial charge in [-0.05, 0) is 12.1 Å². The van der Waals surface area contributed by atoms with Crippen LogP contribution in [-0.2, 0) is 17.7 Å². The van der Waals surface area contributed by atoms with E-state index in [1.54, 1.807) is 30.1 Å². The van der Waals surface area contributed by atoms with Crippen molar-refractivity contribution in [3.8, 4) is 11.5 Å². The van der Waals surface area contributed by atoms with Gasteiger partial charge in [0.1, 0.15) is 17.9 Å². The van der Waals surface area contributed by atoms with E-state index in [0.29, 0.717) is 49.1 Å². The van der Waals surface area contributed by atoms with Crippen LogP contribution in [0.15, 0.2) is 24.7 Å². The van der Waals surface area contributed by atoms with Gasteiger partial charge in [-0.2, -0.15) is 0 Å². The maximum atomic E-state index is 14.3. The summed E-state index contributed by atoms with van der Waals surface area (Å²) in [5.74, 6) is 1.53. The van der Waals surface area contributed by atoms with Gasteiger partial charge in [0, 0.05) is 44.2 Å². The van der Waals surface area contributed by atoms with E-state index in [0.717, 1.165) is 17.7 Å². The highest BCUT2D eigenvalue weighted by molar-refractivity contribution is 5.56. The van der Waals surface area contributed by atoms with Crippen LogP contribution in [0.3, 0.4) is 0 Å². The van der Waals surface area contributed by atoms with Gasteiger partial charge in [-0.1, -0.05) is 0 Å². The van der Waals surface area contributed by atoms with Crippen LogP contribution in [0.5, 0.6) is 11.5 Å². The fourth-order valence-electron chi connectivity index (χ4n) is 3.09. The lowest BCUT2D eigenvalue weighted by Crippen LogP contribution is -2.10. The Balaban J connectivity index is 1.52. The third kappa shape index (κ3) is 3.50. The molecular formula is C18H20FN5O3. The summed E-state index contributed by atoms with van der Waals surface area (Å²) < 4.78 is 32.2. The number of nitrogens with zero attached hydrogens (tertiary/aromatic N) is 4. The highest BCUT2D eigenvalue weighted by Gasteiger charge is 2.20. The summed E-state index contributed by atoms with van der Waals surface area (Å²) in [7, 11) is 1.65. The Labute approximate surface area is 155 Å². The van der Waals surface area contributed by atoms with Crippen molar-refractivity contribution < 1.29 is 18.6 Å². The van der Waals surface area contributed by atoms with Crippen LogP contribution in [0.25, 0.3) is 5.65 Å². The van der Waals surface area contributed by atoms with Crippen molar-refractivity contribution in [2.24, 2.45) is 0 Å². The Morgan fingerprint density at radius 1 is 1.33 bits per heavy atom. The Bertz CT molecular complexity index is 946. The van der Waals surface area contributed by atoms with Gasteiger partial charge in [0.2, 0.25) is 11.6 Å². The smallest absolute Gasteiger partial charge is 0.210 e. The molecule has 0 atom stereocenters. The molecule has 0 bridgehead atoms. The molecule has 1 N–H and O–H groups in total. The van der Waals surface area contributed by atoms with E-state index in [1.165, 1.54) is 6.07 Å². The first kappa shape index (κ1) is 17.5. The summed E-state index contributed by atoms with van der Waals surface area (Å²) in [6.45, 7) is 1.97. The predicted molar refractivity (Wildman–Crippen MR) is 95.7 cm³/mol. The molecule has 3 heterocycles. The summed E-state index contributed by atoms with van der Waals surface area (Å²) in [4.78, 5) is 4.38. The molecule has 27 heavy (non-hydrogen) atoms. The van der Waals surface area contributed by atoms with Crippen LogP contribution in [-0.4, -0.2) is 46.5 Å².